The molecule has 1 heterocycles. The predicted molar refractivity (Wildman–Crippen MR) is 77.7 cm³/mol. The van der Waals surface area contributed by atoms with E-state index in [0.29, 0.717) is 6.42 Å². The van der Waals surface area contributed by atoms with Gasteiger partial charge in [-0.05, 0) is 46.0 Å². The van der Waals surface area contributed by atoms with E-state index in [1.165, 1.54) is 6.42 Å². The Kier molecular flexibility index (Phi) is 5.32. The topological polar surface area (TPSA) is 78.9 Å². The van der Waals surface area contributed by atoms with Gasteiger partial charge in [0.1, 0.15) is 11.7 Å². The van der Waals surface area contributed by atoms with E-state index < -0.39 is 17.5 Å². The van der Waals surface area contributed by atoms with E-state index in [4.69, 9.17) is 9.47 Å². The van der Waals surface area contributed by atoms with E-state index >= 15 is 0 Å². The molecule has 0 aromatic carbocycles. The van der Waals surface area contributed by atoms with Gasteiger partial charge in [0, 0.05) is 0 Å². The maximum Gasteiger partial charge on any atom is 0.384 e. The fraction of sp³-hybridized carbons (Fsp3) is 0.750. The SMILES string of the molecule is CCCC(C)(C)OC(=O)c1ooc1C(=O)OC1CCCCC1. The van der Waals surface area contributed by atoms with Crippen LogP contribution in [0, 0.1) is 0 Å². The Labute approximate surface area is 130 Å². The average molecular weight is 312 g/mol. The molecule has 1 fully saturated rings. The van der Waals surface area contributed by atoms with Crippen molar-refractivity contribution in [1.29, 1.82) is 0 Å². The first-order valence-corrected chi connectivity index (χ1v) is 7.96. The fourth-order valence-electron chi connectivity index (χ4n) is 2.72. The first-order valence-electron chi connectivity index (χ1n) is 7.96. The predicted octanol–water partition coefficient (Wildman–Crippen LogP) is 4.10. The molecule has 2 rings (SSSR count). The summed E-state index contributed by atoms with van der Waals surface area (Å²) < 4.78 is 20.0. The first-order chi connectivity index (χ1) is 10.4. The van der Waals surface area contributed by atoms with Crippen LogP contribution in [-0.4, -0.2) is 23.6 Å². The van der Waals surface area contributed by atoms with Gasteiger partial charge in [0.15, 0.2) is 0 Å². The zero-order chi connectivity index (χ0) is 16.2. The Hall–Kier alpha value is -1.72. The molecular formula is C16H24O6. The van der Waals surface area contributed by atoms with Crippen molar-refractivity contribution in [3.8, 4) is 0 Å². The largest absolute Gasteiger partial charge is 0.456 e. The summed E-state index contributed by atoms with van der Waals surface area (Å²) in [5.74, 6) is -1.74. The second kappa shape index (κ2) is 7.03. The maximum atomic E-state index is 12.0. The van der Waals surface area contributed by atoms with Crippen LogP contribution in [0.25, 0.3) is 0 Å². The van der Waals surface area contributed by atoms with Crippen LogP contribution < -0.4 is 0 Å². The minimum absolute atomic E-state index is 0.105. The molecule has 0 amide bonds. The van der Waals surface area contributed by atoms with E-state index in [-0.39, 0.29) is 17.6 Å². The van der Waals surface area contributed by atoms with Crippen LogP contribution in [0.1, 0.15) is 86.8 Å². The van der Waals surface area contributed by atoms with Crippen LogP contribution in [0.3, 0.4) is 0 Å². The lowest BCUT2D eigenvalue weighted by Gasteiger charge is -2.24. The highest BCUT2D eigenvalue weighted by atomic mass is 17.0. The number of carbonyl (C=O) groups excluding carboxylic acids is 2. The summed E-state index contributed by atoms with van der Waals surface area (Å²) in [6.45, 7) is 5.63. The van der Waals surface area contributed by atoms with Crippen molar-refractivity contribution in [1.82, 2.24) is 0 Å². The highest BCUT2D eigenvalue weighted by molar-refractivity contribution is 5.99. The number of carbonyl (C=O) groups is 2. The standard InChI is InChI=1S/C16H24O6/c1-4-10-16(2,3)20-15(18)13-12(21-22-13)14(17)19-11-8-6-5-7-9-11/h11H,4-10H2,1-3H3. The number of esters is 2. The molecule has 0 saturated heterocycles. The van der Waals surface area contributed by atoms with Crippen LogP contribution in [-0.2, 0) is 9.47 Å². The molecule has 0 N–H and O–H groups in total. The van der Waals surface area contributed by atoms with Crippen molar-refractivity contribution < 1.29 is 28.2 Å². The van der Waals surface area contributed by atoms with E-state index in [2.05, 4.69) is 9.15 Å². The second-order valence-corrected chi connectivity index (χ2v) is 6.39. The molecule has 1 saturated carbocycles. The Morgan fingerprint density at radius 1 is 1.09 bits per heavy atom. The molecule has 0 radical (unpaired) electrons. The van der Waals surface area contributed by atoms with Crippen molar-refractivity contribution in [2.24, 2.45) is 0 Å². The Balaban J connectivity index is 1.92. The Morgan fingerprint density at radius 3 is 2.23 bits per heavy atom. The molecule has 1 aliphatic rings. The third kappa shape index (κ3) is 4.15. The summed E-state index contributed by atoms with van der Waals surface area (Å²) in [5.41, 5.74) is -0.615. The van der Waals surface area contributed by atoms with Crippen molar-refractivity contribution in [2.75, 3.05) is 0 Å². The van der Waals surface area contributed by atoms with E-state index in [0.717, 1.165) is 32.1 Å². The Bertz CT molecular complexity index is 504. The van der Waals surface area contributed by atoms with Crippen LogP contribution in [0.4, 0.5) is 0 Å². The fourth-order valence-corrected chi connectivity index (χ4v) is 2.72. The molecule has 0 atom stereocenters. The summed E-state index contributed by atoms with van der Waals surface area (Å²) in [5, 5.41) is 0. The van der Waals surface area contributed by atoms with E-state index in [1.54, 1.807) is 0 Å². The molecule has 6 nitrogen and oxygen atoms in total. The molecule has 22 heavy (non-hydrogen) atoms. The third-order valence-electron chi connectivity index (χ3n) is 3.83. The zero-order valence-corrected chi connectivity index (χ0v) is 13.5. The van der Waals surface area contributed by atoms with Crippen molar-refractivity contribution >= 4 is 11.9 Å². The zero-order valence-electron chi connectivity index (χ0n) is 13.5. The normalized spacial score (nSPS) is 16.5. The lowest BCUT2D eigenvalue weighted by atomic mass is 9.98. The summed E-state index contributed by atoms with van der Waals surface area (Å²) in [4.78, 5) is 24.0. The van der Waals surface area contributed by atoms with Gasteiger partial charge < -0.3 is 9.47 Å². The molecular weight excluding hydrogens is 288 g/mol. The van der Waals surface area contributed by atoms with E-state index in [9.17, 15) is 9.59 Å². The number of hydrogen-bond acceptors (Lipinski definition) is 6. The van der Waals surface area contributed by atoms with Crippen LogP contribution >= 0.6 is 0 Å². The van der Waals surface area contributed by atoms with Gasteiger partial charge in [-0.25, -0.2) is 9.59 Å². The molecule has 0 unspecified atom stereocenters. The smallest absolute Gasteiger partial charge is 0.384 e. The summed E-state index contributed by atoms with van der Waals surface area (Å²) in [6.07, 6.45) is 6.46. The third-order valence-corrected chi connectivity index (χ3v) is 3.83. The van der Waals surface area contributed by atoms with Crippen molar-refractivity contribution in [3.05, 3.63) is 11.5 Å². The minimum Gasteiger partial charge on any atom is -0.456 e. The molecule has 0 bridgehead atoms. The maximum absolute atomic E-state index is 12.0. The Morgan fingerprint density at radius 2 is 1.68 bits per heavy atom. The molecule has 1 aromatic rings. The molecule has 1 aromatic heterocycles. The van der Waals surface area contributed by atoms with Gasteiger partial charge >= 0.3 is 23.5 Å². The van der Waals surface area contributed by atoms with Gasteiger partial charge in [-0.3, -0.25) is 9.15 Å². The molecule has 6 heteroatoms. The first kappa shape index (κ1) is 16.6. The molecule has 0 aliphatic heterocycles. The van der Waals surface area contributed by atoms with Gasteiger partial charge in [-0.1, -0.05) is 19.8 Å². The average Bonchev–Trinajstić information content (AvgIpc) is 2.37. The highest BCUT2D eigenvalue weighted by Gasteiger charge is 2.36. The van der Waals surface area contributed by atoms with Gasteiger partial charge in [-0.15, -0.1) is 0 Å². The number of ether oxygens (including phenoxy) is 2. The molecule has 124 valence electrons. The lowest BCUT2D eigenvalue weighted by molar-refractivity contribution is -0.0608. The minimum atomic E-state index is -0.694. The summed E-state index contributed by atoms with van der Waals surface area (Å²) >= 11 is 0. The second-order valence-electron chi connectivity index (χ2n) is 6.39. The van der Waals surface area contributed by atoms with Crippen LogP contribution in [0.15, 0.2) is 9.15 Å². The van der Waals surface area contributed by atoms with Gasteiger partial charge in [0.2, 0.25) is 0 Å². The highest BCUT2D eigenvalue weighted by Crippen LogP contribution is 2.25. The van der Waals surface area contributed by atoms with E-state index in [1.807, 2.05) is 20.8 Å². The van der Waals surface area contributed by atoms with Gasteiger partial charge in [-0.2, -0.15) is 0 Å². The summed E-state index contributed by atoms with van der Waals surface area (Å²) in [6, 6.07) is 0. The van der Waals surface area contributed by atoms with Gasteiger partial charge in [0.05, 0.1) is 0 Å². The quantitative estimate of drug-likeness (QED) is 0.581. The summed E-state index contributed by atoms with van der Waals surface area (Å²) in [7, 11) is 0. The van der Waals surface area contributed by atoms with Crippen molar-refractivity contribution in [3.63, 3.8) is 0 Å². The lowest BCUT2D eigenvalue weighted by Crippen LogP contribution is -2.30. The van der Waals surface area contributed by atoms with Gasteiger partial charge in [0.25, 0.3) is 0 Å². The monoisotopic (exact) mass is 312 g/mol. The van der Waals surface area contributed by atoms with Crippen LogP contribution in [0.5, 0.6) is 0 Å². The van der Waals surface area contributed by atoms with Crippen molar-refractivity contribution in [2.45, 2.75) is 77.4 Å². The molecule has 1 aliphatic carbocycles. The van der Waals surface area contributed by atoms with Crippen LogP contribution in [0.2, 0.25) is 0 Å². The number of hydrogen-bond donors (Lipinski definition) is 0. The molecule has 0 spiro atoms. The number of rotatable bonds is 6.